The molecule has 0 bridgehead atoms. The summed E-state index contributed by atoms with van der Waals surface area (Å²) in [5.74, 6) is 0. The highest BCUT2D eigenvalue weighted by Gasteiger charge is 2.19. The van der Waals surface area contributed by atoms with E-state index in [1.165, 1.54) is 6.04 Å². The average Bonchev–Trinajstić information content (AvgIpc) is 1.84. The summed E-state index contributed by atoms with van der Waals surface area (Å²) in [6.07, 6.45) is 0. The summed E-state index contributed by atoms with van der Waals surface area (Å²) >= 11 is 0. The van der Waals surface area contributed by atoms with Crippen molar-refractivity contribution in [2.75, 3.05) is 13.2 Å². The largest absolute Gasteiger partial charge is 0.406 e. The van der Waals surface area contributed by atoms with Crippen molar-refractivity contribution >= 4 is 9.20 Å². The molecule has 0 radical (unpaired) electrons. The normalized spacial score (nSPS) is 14.8. The monoisotopic (exact) mass is 189 g/mol. The molecule has 0 aromatic heterocycles. The fourth-order valence-electron chi connectivity index (χ4n) is 1.18. The Balaban J connectivity index is 3.77. The van der Waals surface area contributed by atoms with E-state index in [9.17, 15) is 0 Å². The second-order valence-corrected chi connectivity index (χ2v) is 6.39. The first-order valence-electron chi connectivity index (χ1n) is 4.84. The third-order valence-electron chi connectivity index (χ3n) is 1.60. The number of hydrogen-bond acceptors (Lipinski definition) is 2. The molecule has 0 aromatic carbocycles. The van der Waals surface area contributed by atoms with E-state index in [0.29, 0.717) is 5.41 Å². The molecule has 0 amide bonds. The predicted octanol–water partition coefficient (Wildman–Crippen LogP) is 1.90. The Hall–Kier alpha value is 0.137. The minimum absolute atomic E-state index is 0.397. The standard InChI is InChI=1S/C9H23NOSi/c1-6-10-12(11-7-2)8-9(3,4)5/h10,12H,6-8H2,1-5H3. The van der Waals surface area contributed by atoms with Crippen LogP contribution in [-0.4, -0.2) is 22.4 Å². The van der Waals surface area contributed by atoms with E-state index in [2.05, 4.69) is 39.6 Å². The zero-order valence-corrected chi connectivity index (χ0v) is 10.3. The summed E-state index contributed by atoms with van der Waals surface area (Å²) in [6.45, 7) is 12.9. The van der Waals surface area contributed by atoms with Gasteiger partial charge in [-0.2, -0.15) is 0 Å². The lowest BCUT2D eigenvalue weighted by atomic mass is 10.0. The first-order valence-corrected chi connectivity index (χ1v) is 6.71. The van der Waals surface area contributed by atoms with Gasteiger partial charge in [0.25, 0.3) is 9.20 Å². The highest BCUT2D eigenvalue weighted by molar-refractivity contribution is 6.49. The summed E-state index contributed by atoms with van der Waals surface area (Å²) < 4.78 is 5.69. The van der Waals surface area contributed by atoms with E-state index in [1.54, 1.807) is 0 Å². The van der Waals surface area contributed by atoms with Gasteiger partial charge in [-0.3, -0.25) is 0 Å². The summed E-state index contributed by atoms with van der Waals surface area (Å²) in [5.41, 5.74) is 0.397. The van der Waals surface area contributed by atoms with Crippen LogP contribution < -0.4 is 4.98 Å². The molecule has 1 N–H and O–H groups in total. The van der Waals surface area contributed by atoms with E-state index in [1.807, 2.05) is 0 Å². The van der Waals surface area contributed by atoms with Crippen LogP contribution in [0.15, 0.2) is 0 Å². The maximum Gasteiger partial charge on any atom is 0.252 e. The Morgan fingerprint density at radius 1 is 1.25 bits per heavy atom. The van der Waals surface area contributed by atoms with Crippen molar-refractivity contribution in [1.29, 1.82) is 0 Å². The SMILES string of the molecule is CCN[SiH](CC(C)(C)C)OCC. The van der Waals surface area contributed by atoms with Crippen LogP contribution in [-0.2, 0) is 4.43 Å². The molecule has 0 aliphatic carbocycles. The summed E-state index contributed by atoms with van der Waals surface area (Å²) in [5, 5.41) is 0. The minimum Gasteiger partial charge on any atom is -0.406 e. The van der Waals surface area contributed by atoms with Gasteiger partial charge in [-0.1, -0.05) is 27.7 Å². The van der Waals surface area contributed by atoms with Crippen LogP contribution in [0, 0.1) is 5.41 Å². The van der Waals surface area contributed by atoms with Crippen LogP contribution in [0.3, 0.4) is 0 Å². The van der Waals surface area contributed by atoms with Gasteiger partial charge in [-0.25, -0.2) is 0 Å². The summed E-state index contributed by atoms with van der Waals surface area (Å²) in [6, 6.07) is 1.20. The smallest absolute Gasteiger partial charge is 0.252 e. The van der Waals surface area contributed by atoms with Gasteiger partial charge in [0.2, 0.25) is 0 Å². The van der Waals surface area contributed by atoms with Crippen molar-refractivity contribution in [3.05, 3.63) is 0 Å². The Kier molecular flexibility index (Phi) is 5.79. The molecule has 0 aromatic rings. The number of hydrogen-bond donors (Lipinski definition) is 1. The van der Waals surface area contributed by atoms with Crippen LogP contribution in [0.4, 0.5) is 0 Å². The molecule has 1 atom stereocenters. The molecule has 0 fully saturated rings. The summed E-state index contributed by atoms with van der Waals surface area (Å²) in [7, 11) is -1.11. The molecule has 0 heterocycles. The molecule has 0 aliphatic rings. The molecular formula is C9H23NOSi. The lowest BCUT2D eigenvalue weighted by molar-refractivity contribution is 0.315. The second-order valence-electron chi connectivity index (χ2n) is 4.27. The summed E-state index contributed by atoms with van der Waals surface area (Å²) in [4.78, 5) is 3.46. The quantitative estimate of drug-likeness (QED) is 0.667. The minimum atomic E-state index is -1.11. The molecule has 12 heavy (non-hydrogen) atoms. The van der Waals surface area contributed by atoms with E-state index in [4.69, 9.17) is 4.43 Å². The predicted molar refractivity (Wildman–Crippen MR) is 56.7 cm³/mol. The Morgan fingerprint density at radius 3 is 2.17 bits per heavy atom. The highest BCUT2D eigenvalue weighted by atomic mass is 28.3. The zero-order valence-electron chi connectivity index (χ0n) is 9.11. The van der Waals surface area contributed by atoms with Crippen molar-refractivity contribution in [2.45, 2.75) is 40.7 Å². The van der Waals surface area contributed by atoms with Crippen LogP contribution in [0.5, 0.6) is 0 Å². The van der Waals surface area contributed by atoms with Gasteiger partial charge in [0.1, 0.15) is 0 Å². The topological polar surface area (TPSA) is 21.3 Å². The van der Waals surface area contributed by atoms with Crippen LogP contribution in [0.1, 0.15) is 34.6 Å². The Morgan fingerprint density at radius 2 is 1.83 bits per heavy atom. The molecule has 1 unspecified atom stereocenters. The third kappa shape index (κ3) is 6.82. The lowest BCUT2D eigenvalue weighted by Gasteiger charge is -2.24. The van der Waals surface area contributed by atoms with Gasteiger partial charge in [-0.15, -0.1) is 0 Å². The maximum absolute atomic E-state index is 5.69. The van der Waals surface area contributed by atoms with Crippen molar-refractivity contribution in [3.63, 3.8) is 0 Å². The van der Waals surface area contributed by atoms with Crippen molar-refractivity contribution < 1.29 is 4.43 Å². The van der Waals surface area contributed by atoms with Gasteiger partial charge < -0.3 is 9.41 Å². The van der Waals surface area contributed by atoms with Crippen molar-refractivity contribution in [3.8, 4) is 0 Å². The molecular weight excluding hydrogens is 166 g/mol. The fraction of sp³-hybridized carbons (Fsp3) is 1.00. The molecule has 0 saturated carbocycles. The molecule has 2 nitrogen and oxygen atoms in total. The molecule has 0 rings (SSSR count). The van der Waals surface area contributed by atoms with E-state index in [0.717, 1.165) is 13.2 Å². The highest BCUT2D eigenvalue weighted by Crippen LogP contribution is 2.20. The van der Waals surface area contributed by atoms with E-state index in [-0.39, 0.29) is 0 Å². The molecule has 3 heteroatoms. The molecule has 0 aliphatic heterocycles. The van der Waals surface area contributed by atoms with Gasteiger partial charge in [0.15, 0.2) is 0 Å². The van der Waals surface area contributed by atoms with Crippen LogP contribution in [0.25, 0.3) is 0 Å². The van der Waals surface area contributed by atoms with Gasteiger partial charge in [-0.05, 0) is 24.9 Å². The average molecular weight is 189 g/mol. The van der Waals surface area contributed by atoms with Gasteiger partial charge in [0, 0.05) is 6.61 Å². The second kappa shape index (κ2) is 5.73. The number of rotatable bonds is 5. The van der Waals surface area contributed by atoms with Crippen molar-refractivity contribution in [2.24, 2.45) is 5.41 Å². The van der Waals surface area contributed by atoms with Crippen molar-refractivity contribution in [1.82, 2.24) is 4.98 Å². The molecule has 0 spiro atoms. The first kappa shape index (κ1) is 12.1. The maximum atomic E-state index is 5.69. The molecule has 74 valence electrons. The number of nitrogens with one attached hydrogen (secondary N) is 1. The fourth-order valence-corrected chi connectivity index (χ4v) is 3.53. The lowest BCUT2D eigenvalue weighted by Crippen LogP contribution is -2.39. The van der Waals surface area contributed by atoms with E-state index >= 15 is 0 Å². The Labute approximate surface area is 78.5 Å². The zero-order chi connectivity index (χ0) is 9.61. The Bertz CT molecular complexity index is 106. The van der Waals surface area contributed by atoms with Crippen LogP contribution in [0.2, 0.25) is 6.04 Å². The first-order chi connectivity index (χ1) is 5.49. The van der Waals surface area contributed by atoms with E-state index < -0.39 is 9.20 Å². The van der Waals surface area contributed by atoms with Gasteiger partial charge in [0.05, 0.1) is 0 Å². The van der Waals surface area contributed by atoms with Crippen LogP contribution >= 0.6 is 0 Å². The third-order valence-corrected chi connectivity index (χ3v) is 4.79. The molecule has 0 saturated heterocycles. The van der Waals surface area contributed by atoms with Gasteiger partial charge >= 0.3 is 0 Å².